The molecule has 0 fully saturated rings. The summed E-state index contributed by atoms with van der Waals surface area (Å²) >= 11 is 1.53. The summed E-state index contributed by atoms with van der Waals surface area (Å²) in [5.41, 5.74) is -0.117. The highest BCUT2D eigenvalue weighted by Crippen LogP contribution is 2.39. The molecule has 1 heterocycles. The maximum absolute atomic E-state index is 10.7. The first-order valence-corrected chi connectivity index (χ1v) is 9.91. The van der Waals surface area contributed by atoms with Crippen molar-refractivity contribution in [2.45, 2.75) is 26.0 Å². The van der Waals surface area contributed by atoms with Gasteiger partial charge < -0.3 is 30.0 Å². The first kappa shape index (κ1) is 21.8. The zero-order valence-electron chi connectivity index (χ0n) is 17.0. The van der Waals surface area contributed by atoms with Gasteiger partial charge >= 0.3 is 0 Å². The van der Waals surface area contributed by atoms with Crippen LogP contribution >= 0.6 is 11.3 Å². The highest BCUT2D eigenvalue weighted by molar-refractivity contribution is 7.10. The van der Waals surface area contributed by atoms with Gasteiger partial charge in [-0.3, -0.25) is 0 Å². The third kappa shape index (κ3) is 5.30. The maximum atomic E-state index is 10.7. The molecular formula is C20H29N3O4S. The van der Waals surface area contributed by atoms with E-state index in [1.54, 1.807) is 28.3 Å². The third-order valence-electron chi connectivity index (χ3n) is 4.19. The van der Waals surface area contributed by atoms with Gasteiger partial charge in [-0.1, -0.05) is 6.07 Å². The van der Waals surface area contributed by atoms with E-state index in [0.29, 0.717) is 42.8 Å². The molecule has 0 saturated carbocycles. The van der Waals surface area contributed by atoms with Gasteiger partial charge in [0.25, 0.3) is 0 Å². The van der Waals surface area contributed by atoms with Gasteiger partial charge in [-0.15, -0.1) is 11.3 Å². The van der Waals surface area contributed by atoms with E-state index in [2.05, 4.69) is 15.6 Å². The lowest BCUT2D eigenvalue weighted by molar-refractivity contribution is 0.0655. The number of guanidine groups is 1. The Labute approximate surface area is 170 Å². The molecule has 2 rings (SSSR count). The number of hydrogen-bond acceptors (Lipinski definition) is 6. The van der Waals surface area contributed by atoms with Gasteiger partial charge in [0, 0.05) is 17.0 Å². The van der Waals surface area contributed by atoms with E-state index >= 15 is 0 Å². The van der Waals surface area contributed by atoms with Crippen molar-refractivity contribution in [3.05, 3.63) is 40.1 Å². The monoisotopic (exact) mass is 407 g/mol. The second kappa shape index (κ2) is 10.2. The number of nitrogens with zero attached hydrogens (tertiary/aromatic N) is 1. The highest BCUT2D eigenvalue weighted by atomic mass is 32.1. The van der Waals surface area contributed by atoms with Crippen LogP contribution in [0.4, 0.5) is 0 Å². The van der Waals surface area contributed by atoms with Crippen LogP contribution in [-0.4, -0.2) is 45.5 Å². The summed E-state index contributed by atoms with van der Waals surface area (Å²) in [6.45, 7) is 5.19. The minimum Gasteiger partial charge on any atom is -0.493 e. The van der Waals surface area contributed by atoms with Crippen molar-refractivity contribution < 1.29 is 19.3 Å². The van der Waals surface area contributed by atoms with Gasteiger partial charge in [-0.2, -0.15) is 0 Å². The molecule has 154 valence electrons. The summed E-state index contributed by atoms with van der Waals surface area (Å²) in [5, 5.41) is 19.1. The average molecular weight is 408 g/mol. The largest absolute Gasteiger partial charge is 0.493 e. The van der Waals surface area contributed by atoms with Crippen molar-refractivity contribution in [3.63, 3.8) is 0 Å². The molecule has 3 N–H and O–H groups in total. The fourth-order valence-corrected chi connectivity index (χ4v) is 3.51. The minimum absolute atomic E-state index is 0.336. The van der Waals surface area contributed by atoms with Crippen LogP contribution < -0.4 is 24.8 Å². The summed E-state index contributed by atoms with van der Waals surface area (Å²) in [4.78, 5) is 5.52. The predicted molar refractivity (Wildman–Crippen MR) is 113 cm³/mol. The van der Waals surface area contributed by atoms with Crippen molar-refractivity contribution in [3.8, 4) is 17.2 Å². The van der Waals surface area contributed by atoms with E-state index in [1.807, 2.05) is 36.6 Å². The van der Waals surface area contributed by atoms with Gasteiger partial charge in [-0.05, 0) is 37.4 Å². The standard InChI is InChI=1S/C20H29N3O4S/c1-6-21-19(23-13-20(2,24)16-8-7-11-28-16)22-12-14-9-10-15(25-3)18(27-5)17(14)26-4/h7-11,24H,6,12-13H2,1-5H3,(H2,21,22,23). The second-order valence-corrected chi connectivity index (χ2v) is 7.24. The number of rotatable bonds is 9. The van der Waals surface area contributed by atoms with Crippen LogP contribution in [0.3, 0.4) is 0 Å². The Morgan fingerprint density at radius 1 is 1.11 bits per heavy atom. The highest BCUT2D eigenvalue weighted by Gasteiger charge is 2.24. The lowest BCUT2D eigenvalue weighted by atomic mass is 10.1. The summed E-state index contributed by atoms with van der Waals surface area (Å²) in [7, 11) is 4.75. The predicted octanol–water partition coefficient (Wildman–Crippen LogP) is 2.74. The summed E-state index contributed by atoms with van der Waals surface area (Å²) in [6, 6.07) is 7.57. The first-order chi connectivity index (χ1) is 13.5. The molecule has 8 heteroatoms. The fraction of sp³-hybridized carbons (Fsp3) is 0.450. The molecule has 0 bridgehead atoms. The van der Waals surface area contributed by atoms with E-state index in [9.17, 15) is 5.11 Å². The molecule has 0 amide bonds. The average Bonchev–Trinajstić information content (AvgIpc) is 3.25. The maximum Gasteiger partial charge on any atom is 0.203 e. The minimum atomic E-state index is -0.981. The molecule has 0 saturated heterocycles. The number of nitrogens with one attached hydrogen (secondary N) is 2. The number of aliphatic imine (C=N–C) groups is 1. The Morgan fingerprint density at radius 2 is 1.86 bits per heavy atom. The zero-order chi connectivity index (χ0) is 20.6. The summed E-state index contributed by atoms with van der Waals surface area (Å²) < 4.78 is 16.3. The van der Waals surface area contributed by atoms with Crippen LogP contribution in [0, 0.1) is 0 Å². The molecule has 0 aliphatic heterocycles. The van der Waals surface area contributed by atoms with Crippen molar-refractivity contribution in [2.75, 3.05) is 34.4 Å². The normalized spacial score (nSPS) is 13.6. The molecule has 1 unspecified atom stereocenters. The van der Waals surface area contributed by atoms with E-state index in [-0.39, 0.29) is 0 Å². The van der Waals surface area contributed by atoms with E-state index < -0.39 is 5.60 Å². The molecule has 0 aliphatic rings. The van der Waals surface area contributed by atoms with Crippen molar-refractivity contribution in [2.24, 2.45) is 4.99 Å². The van der Waals surface area contributed by atoms with Crippen LogP contribution in [0.2, 0.25) is 0 Å². The van der Waals surface area contributed by atoms with Crippen LogP contribution in [-0.2, 0) is 12.1 Å². The lowest BCUT2D eigenvalue weighted by Crippen LogP contribution is -2.44. The SMILES string of the molecule is CCNC(=NCc1ccc(OC)c(OC)c1OC)NCC(C)(O)c1cccs1. The van der Waals surface area contributed by atoms with Gasteiger partial charge in [0.05, 0.1) is 34.4 Å². The summed E-state index contributed by atoms with van der Waals surface area (Å²) in [6.07, 6.45) is 0. The number of benzene rings is 1. The Balaban J connectivity index is 2.16. The summed E-state index contributed by atoms with van der Waals surface area (Å²) in [5.74, 6) is 2.34. The number of ether oxygens (including phenoxy) is 3. The van der Waals surface area contributed by atoms with Gasteiger partial charge in [0.15, 0.2) is 17.5 Å². The second-order valence-electron chi connectivity index (χ2n) is 6.29. The van der Waals surface area contributed by atoms with Crippen LogP contribution in [0.25, 0.3) is 0 Å². The molecule has 7 nitrogen and oxygen atoms in total. The molecule has 1 aromatic carbocycles. The molecule has 1 aromatic heterocycles. The van der Waals surface area contributed by atoms with Crippen LogP contribution in [0.1, 0.15) is 24.3 Å². The molecule has 2 aromatic rings. The van der Waals surface area contributed by atoms with Gasteiger partial charge in [0.2, 0.25) is 5.75 Å². The van der Waals surface area contributed by atoms with E-state index in [0.717, 1.165) is 10.4 Å². The van der Waals surface area contributed by atoms with Crippen LogP contribution in [0.15, 0.2) is 34.6 Å². The molecule has 1 atom stereocenters. The van der Waals surface area contributed by atoms with Crippen molar-refractivity contribution in [1.29, 1.82) is 0 Å². The van der Waals surface area contributed by atoms with E-state index in [4.69, 9.17) is 14.2 Å². The lowest BCUT2D eigenvalue weighted by Gasteiger charge is -2.23. The Hall–Kier alpha value is -2.45. The molecule has 28 heavy (non-hydrogen) atoms. The first-order valence-electron chi connectivity index (χ1n) is 9.03. The quantitative estimate of drug-likeness (QED) is 0.438. The smallest absolute Gasteiger partial charge is 0.203 e. The van der Waals surface area contributed by atoms with Gasteiger partial charge in [0.1, 0.15) is 5.60 Å². The van der Waals surface area contributed by atoms with Crippen molar-refractivity contribution >= 4 is 17.3 Å². The molecular weight excluding hydrogens is 378 g/mol. The van der Waals surface area contributed by atoms with E-state index in [1.165, 1.54) is 11.3 Å². The number of thiophene rings is 1. The zero-order valence-corrected chi connectivity index (χ0v) is 17.9. The molecule has 0 aliphatic carbocycles. The molecule has 0 radical (unpaired) electrons. The third-order valence-corrected chi connectivity index (χ3v) is 5.31. The van der Waals surface area contributed by atoms with Gasteiger partial charge in [-0.25, -0.2) is 4.99 Å². The Kier molecular flexibility index (Phi) is 7.95. The topological polar surface area (TPSA) is 84.3 Å². The number of hydrogen-bond donors (Lipinski definition) is 3. The number of methoxy groups -OCH3 is 3. The Bertz CT molecular complexity index is 776. The molecule has 0 spiro atoms. The van der Waals surface area contributed by atoms with Crippen LogP contribution in [0.5, 0.6) is 17.2 Å². The van der Waals surface area contributed by atoms with Crippen molar-refractivity contribution in [1.82, 2.24) is 10.6 Å². The Morgan fingerprint density at radius 3 is 2.43 bits per heavy atom. The fourth-order valence-electron chi connectivity index (χ4n) is 2.72. The number of aliphatic hydroxyl groups is 1.